The largest absolute Gasteiger partial charge is 0.343 e. The molecule has 2 saturated heterocycles. The highest BCUT2D eigenvalue weighted by atomic mass is 16.2. The molecule has 0 aromatic carbocycles. The number of fused-ring (bicyclic) bond motifs is 1. The Balaban J connectivity index is 2.14. The molecule has 0 aromatic rings. The van der Waals surface area contributed by atoms with Gasteiger partial charge >= 0.3 is 0 Å². The summed E-state index contributed by atoms with van der Waals surface area (Å²) < 4.78 is 0. The van der Waals surface area contributed by atoms with E-state index in [0.29, 0.717) is 19.4 Å². The SMILES string of the molecule is CCC(NC(=O)C(C)(C)N)C(=O)N1CCC2C(=O)N(C)C(=O)C2(C)C1. The fourth-order valence-electron chi connectivity index (χ4n) is 3.61. The van der Waals surface area contributed by atoms with Crippen molar-refractivity contribution >= 4 is 23.6 Å². The van der Waals surface area contributed by atoms with Crippen LogP contribution in [-0.2, 0) is 19.2 Å². The van der Waals surface area contributed by atoms with Crippen LogP contribution in [0, 0.1) is 11.3 Å². The van der Waals surface area contributed by atoms with E-state index in [4.69, 9.17) is 5.73 Å². The smallest absolute Gasteiger partial charge is 0.245 e. The average molecular weight is 352 g/mol. The number of piperidine rings is 1. The van der Waals surface area contributed by atoms with E-state index in [9.17, 15) is 19.2 Å². The van der Waals surface area contributed by atoms with Gasteiger partial charge in [-0.25, -0.2) is 0 Å². The quantitative estimate of drug-likeness (QED) is 0.661. The van der Waals surface area contributed by atoms with Crippen molar-refractivity contribution in [2.45, 2.75) is 52.1 Å². The van der Waals surface area contributed by atoms with E-state index in [1.165, 1.54) is 7.05 Å². The van der Waals surface area contributed by atoms with Gasteiger partial charge in [-0.05, 0) is 33.6 Å². The average Bonchev–Trinajstić information content (AvgIpc) is 2.71. The second-order valence-corrected chi connectivity index (χ2v) is 7.88. The van der Waals surface area contributed by atoms with Crippen LogP contribution in [0.25, 0.3) is 0 Å². The first kappa shape index (κ1) is 19.4. The van der Waals surface area contributed by atoms with Crippen LogP contribution in [0.5, 0.6) is 0 Å². The summed E-state index contributed by atoms with van der Waals surface area (Å²) in [7, 11) is 1.48. The molecule has 2 aliphatic rings. The van der Waals surface area contributed by atoms with Crippen molar-refractivity contribution in [2.24, 2.45) is 17.1 Å². The van der Waals surface area contributed by atoms with Crippen LogP contribution in [0.15, 0.2) is 0 Å². The number of rotatable bonds is 4. The van der Waals surface area contributed by atoms with E-state index in [-0.39, 0.29) is 30.2 Å². The minimum atomic E-state index is -1.08. The molecule has 8 heteroatoms. The van der Waals surface area contributed by atoms with Crippen molar-refractivity contribution in [2.75, 3.05) is 20.1 Å². The molecule has 3 unspecified atom stereocenters. The highest BCUT2D eigenvalue weighted by molar-refractivity contribution is 6.07. The molecule has 0 aromatic heterocycles. The van der Waals surface area contributed by atoms with E-state index < -0.39 is 22.9 Å². The lowest BCUT2D eigenvalue weighted by molar-refractivity contribution is -0.145. The molecule has 25 heavy (non-hydrogen) atoms. The summed E-state index contributed by atoms with van der Waals surface area (Å²) >= 11 is 0. The molecule has 0 spiro atoms. The van der Waals surface area contributed by atoms with Gasteiger partial charge in [-0.15, -0.1) is 0 Å². The molecule has 8 nitrogen and oxygen atoms in total. The van der Waals surface area contributed by atoms with E-state index in [0.717, 1.165) is 4.90 Å². The molecule has 2 rings (SSSR count). The number of likely N-dealkylation sites (tertiary alicyclic amines) is 2. The first-order chi connectivity index (χ1) is 11.4. The van der Waals surface area contributed by atoms with Crippen LogP contribution in [-0.4, -0.2) is 65.1 Å². The van der Waals surface area contributed by atoms with Gasteiger partial charge in [-0.3, -0.25) is 24.1 Å². The first-order valence-electron chi connectivity index (χ1n) is 8.64. The Morgan fingerprint density at radius 1 is 1.40 bits per heavy atom. The molecule has 0 saturated carbocycles. The second-order valence-electron chi connectivity index (χ2n) is 7.88. The number of hydrogen-bond acceptors (Lipinski definition) is 5. The van der Waals surface area contributed by atoms with Crippen molar-refractivity contribution in [3.8, 4) is 0 Å². The van der Waals surface area contributed by atoms with Gasteiger partial charge in [0.2, 0.25) is 23.6 Å². The van der Waals surface area contributed by atoms with Crippen molar-refractivity contribution < 1.29 is 19.2 Å². The minimum absolute atomic E-state index is 0.176. The van der Waals surface area contributed by atoms with Crippen LogP contribution < -0.4 is 11.1 Å². The molecule has 0 bridgehead atoms. The molecule has 2 heterocycles. The molecule has 140 valence electrons. The number of nitrogens with two attached hydrogens (primary N) is 1. The van der Waals surface area contributed by atoms with Crippen LogP contribution in [0.2, 0.25) is 0 Å². The number of carbonyl (C=O) groups excluding carboxylic acids is 4. The van der Waals surface area contributed by atoms with Gasteiger partial charge < -0.3 is 16.0 Å². The van der Waals surface area contributed by atoms with Gasteiger partial charge in [0.25, 0.3) is 0 Å². The molecule has 4 amide bonds. The third kappa shape index (κ3) is 3.27. The molecule has 0 radical (unpaired) electrons. The lowest BCUT2D eigenvalue weighted by atomic mass is 9.74. The Labute approximate surface area is 148 Å². The summed E-state index contributed by atoms with van der Waals surface area (Å²) in [6.07, 6.45) is 0.869. The van der Waals surface area contributed by atoms with E-state index in [1.807, 2.05) is 0 Å². The summed E-state index contributed by atoms with van der Waals surface area (Å²) in [5.41, 5.74) is 3.80. The summed E-state index contributed by atoms with van der Waals surface area (Å²) in [5, 5.41) is 2.69. The fourth-order valence-corrected chi connectivity index (χ4v) is 3.61. The predicted octanol–water partition coefficient (Wildman–Crippen LogP) is -0.528. The Hall–Kier alpha value is -1.96. The molecule has 2 fully saturated rings. The Bertz CT molecular complexity index is 612. The summed E-state index contributed by atoms with van der Waals surface area (Å²) in [6, 6.07) is -0.694. The Morgan fingerprint density at radius 3 is 2.52 bits per heavy atom. The maximum atomic E-state index is 12.9. The van der Waals surface area contributed by atoms with Crippen molar-refractivity contribution in [3.63, 3.8) is 0 Å². The van der Waals surface area contributed by atoms with Crippen molar-refractivity contribution in [3.05, 3.63) is 0 Å². The van der Waals surface area contributed by atoms with Gasteiger partial charge in [0.05, 0.1) is 16.9 Å². The number of carbonyl (C=O) groups is 4. The molecule has 2 aliphatic heterocycles. The molecular formula is C17H28N4O4. The van der Waals surface area contributed by atoms with Gasteiger partial charge in [-0.2, -0.15) is 0 Å². The maximum Gasteiger partial charge on any atom is 0.245 e. The topological polar surface area (TPSA) is 113 Å². The first-order valence-corrected chi connectivity index (χ1v) is 8.64. The third-order valence-electron chi connectivity index (χ3n) is 5.31. The van der Waals surface area contributed by atoms with Crippen LogP contribution in [0.4, 0.5) is 0 Å². The minimum Gasteiger partial charge on any atom is -0.343 e. The van der Waals surface area contributed by atoms with Gasteiger partial charge in [0.1, 0.15) is 6.04 Å². The third-order valence-corrected chi connectivity index (χ3v) is 5.31. The second kappa shape index (κ2) is 6.40. The zero-order valence-corrected chi connectivity index (χ0v) is 15.6. The fraction of sp³-hybridized carbons (Fsp3) is 0.765. The van der Waals surface area contributed by atoms with Gasteiger partial charge in [0.15, 0.2) is 0 Å². The van der Waals surface area contributed by atoms with Crippen molar-refractivity contribution in [1.29, 1.82) is 0 Å². The lowest BCUT2D eigenvalue weighted by Crippen LogP contribution is -2.59. The Morgan fingerprint density at radius 2 is 2.00 bits per heavy atom. The highest BCUT2D eigenvalue weighted by Gasteiger charge is 2.58. The van der Waals surface area contributed by atoms with Crippen LogP contribution >= 0.6 is 0 Å². The molecule has 3 atom stereocenters. The van der Waals surface area contributed by atoms with Gasteiger partial charge in [-0.1, -0.05) is 6.92 Å². The number of nitrogens with one attached hydrogen (secondary N) is 1. The molecule has 3 N–H and O–H groups in total. The zero-order chi connectivity index (χ0) is 19.2. The van der Waals surface area contributed by atoms with Gasteiger partial charge in [0, 0.05) is 20.1 Å². The summed E-state index contributed by atoms with van der Waals surface area (Å²) in [5.74, 6) is -1.45. The van der Waals surface area contributed by atoms with Crippen molar-refractivity contribution in [1.82, 2.24) is 15.1 Å². The molecular weight excluding hydrogens is 324 g/mol. The number of amides is 4. The van der Waals surface area contributed by atoms with E-state index in [2.05, 4.69) is 5.32 Å². The monoisotopic (exact) mass is 352 g/mol. The lowest BCUT2D eigenvalue weighted by Gasteiger charge is -2.40. The van der Waals surface area contributed by atoms with Crippen LogP contribution in [0.1, 0.15) is 40.5 Å². The predicted molar refractivity (Wildman–Crippen MR) is 91.1 cm³/mol. The van der Waals surface area contributed by atoms with E-state index >= 15 is 0 Å². The number of hydrogen-bond donors (Lipinski definition) is 2. The maximum absolute atomic E-state index is 12.9. The highest BCUT2D eigenvalue weighted by Crippen LogP contribution is 2.43. The number of imide groups is 1. The summed E-state index contributed by atoms with van der Waals surface area (Å²) in [6.45, 7) is 7.27. The van der Waals surface area contributed by atoms with E-state index in [1.54, 1.807) is 32.6 Å². The zero-order valence-electron chi connectivity index (χ0n) is 15.6. The standard InChI is InChI=1S/C17H28N4O4/c1-6-11(19-14(24)16(2,3)18)13(23)21-8-7-10-12(22)20(5)15(25)17(10,4)9-21/h10-11H,6-9,18H2,1-5H3,(H,19,24). The number of nitrogens with zero attached hydrogens (tertiary/aromatic N) is 2. The van der Waals surface area contributed by atoms with Crippen LogP contribution in [0.3, 0.4) is 0 Å². The summed E-state index contributed by atoms with van der Waals surface area (Å²) in [4.78, 5) is 52.4. The normalized spacial score (nSPS) is 28.0. The Kier molecular flexibility index (Phi) is 4.96. The molecule has 0 aliphatic carbocycles.